The third-order valence-electron chi connectivity index (χ3n) is 2.54. The van der Waals surface area contributed by atoms with Crippen LogP contribution in [0.15, 0.2) is 53.6 Å². The van der Waals surface area contributed by atoms with Gasteiger partial charge in [-0.05, 0) is 29.8 Å². The number of rotatable bonds is 3. The molecular formula is C14H10FN3S. The lowest BCUT2D eigenvalue weighted by molar-refractivity contribution is 0.628. The molecule has 3 nitrogen and oxygen atoms in total. The molecule has 94 valence electrons. The van der Waals surface area contributed by atoms with Crippen LogP contribution in [-0.2, 0) is 0 Å². The van der Waals surface area contributed by atoms with Crippen LogP contribution in [0.4, 0.5) is 9.52 Å². The van der Waals surface area contributed by atoms with E-state index in [0.29, 0.717) is 0 Å². The minimum Gasteiger partial charge on any atom is -0.253 e. The number of anilines is 1. The average molecular weight is 271 g/mol. The molecule has 0 aliphatic rings. The van der Waals surface area contributed by atoms with Gasteiger partial charge in [-0.2, -0.15) is 5.10 Å². The first-order chi connectivity index (χ1) is 9.31. The van der Waals surface area contributed by atoms with E-state index in [1.54, 1.807) is 18.3 Å². The van der Waals surface area contributed by atoms with E-state index in [-0.39, 0.29) is 5.82 Å². The summed E-state index contributed by atoms with van der Waals surface area (Å²) in [4.78, 5) is 4.39. The first-order valence-electron chi connectivity index (χ1n) is 5.71. The van der Waals surface area contributed by atoms with Crippen LogP contribution >= 0.6 is 11.3 Å². The van der Waals surface area contributed by atoms with Gasteiger partial charge in [-0.1, -0.05) is 35.6 Å². The molecule has 5 heteroatoms. The second kappa shape index (κ2) is 5.16. The zero-order valence-corrected chi connectivity index (χ0v) is 10.7. The first-order valence-corrected chi connectivity index (χ1v) is 6.53. The van der Waals surface area contributed by atoms with Gasteiger partial charge in [0.2, 0.25) is 5.13 Å². The summed E-state index contributed by atoms with van der Waals surface area (Å²) >= 11 is 1.54. The molecule has 0 bridgehead atoms. The molecular weight excluding hydrogens is 261 g/mol. The van der Waals surface area contributed by atoms with Gasteiger partial charge in [-0.3, -0.25) is 5.43 Å². The van der Waals surface area contributed by atoms with Crippen LogP contribution in [0.3, 0.4) is 0 Å². The maximum atomic E-state index is 12.7. The fraction of sp³-hybridized carbons (Fsp3) is 0. The van der Waals surface area contributed by atoms with Crippen molar-refractivity contribution in [2.75, 3.05) is 5.43 Å². The first kappa shape index (κ1) is 11.8. The molecule has 0 fully saturated rings. The van der Waals surface area contributed by atoms with Crippen LogP contribution in [-0.4, -0.2) is 11.2 Å². The second-order valence-corrected chi connectivity index (χ2v) is 4.94. The number of hydrazone groups is 1. The van der Waals surface area contributed by atoms with Crippen molar-refractivity contribution in [1.29, 1.82) is 0 Å². The largest absolute Gasteiger partial charge is 0.253 e. The molecule has 0 amide bonds. The van der Waals surface area contributed by atoms with Crippen LogP contribution < -0.4 is 5.43 Å². The van der Waals surface area contributed by atoms with E-state index in [9.17, 15) is 4.39 Å². The van der Waals surface area contributed by atoms with Gasteiger partial charge in [0, 0.05) is 0 Å². The third kappa shape index (κ3) is 2.77. The normalized spacial score (nSPS) is 11.2. The number of thiazole rings is 1. The summed E-state index contributed by atoms with van der Waals surface area (Å²) in [5.41, 5.74) is 4.66. The number of halogens is 1. The molecule has 0 aliphatic heterocycles. The molecule has 3 rings (SSSR count). The van der Waals surface area contributed by atoms with Gasteiger partial charge >= 0.3 is 0 Å². The lowest BCUT2D eigenvalue weighted by atomic mass is 10.2. The number of nitrogens with one attached hydrogen (secondary N) is 1. The molecule has 0 atom stereocenters. The summed E-state index contributed by atoms with van der Waals surface area (Å²) in [5.74, 6) is -0.253. The van der Waals surface area contributed by atoms with Crippen molar-refractivity contribution in [1.82, 2.24) is 4.98 Å². The lowest BCUT2D eigenvalue weighted by Crippen LogP contribution is -1.89. The predicted octanol–water partition coefficient (Wildman–Crippen LogP) is 3.88. The summed E-state index contributed by atoms with van der Waals surface area (Å²) in [6.07, 6.45) is 1.63. The Hall–Kier alpha value is -2.27. The van der Waals surface area contributed by atoms with Crippen molar-refractivity contribution in [3.8, 4) is 0 Å². The standard InChI is InChI=1S/C14H10FN3S/c15-11-7-5-10(6-8-11)9-16-18-14-17-12-3-1-2-4-13(12)19-14/h1-9H,(H,17,18)/b16-9-. The molecule has 0 saturated heterocycles. The van der Waals surface area contributed by atoms with Gasteiger partial charge in [-0.15, -0.1) is 0 Å². The smallest absolute Gasteiger partial charge is 0.204 e. The molecule has 0 aliphatic carbocycles. The van der Waals surface area contributed by atoms with E-state index in [2.05, 4.69) is 15.5 Å². The van der Waals surface area contributed by atoms with Crippen molar-refractivity contribution in [2.45, 2.75) is 0 Å². The van der Waals surface area contributed by atoms with Crippen molar-refractivity contribution >= 4 is 32.9 Å². The SMILES string of the molecule is Fc1ccc(/C=N\Nc2nc3ccccc3s2)cc1. The molecule has 3 aromatic rings. The highest BCUT2D eigenvalue weighted by Gasteiger charge is 2.00. The molecule has 0 unspecified atom stereocenters. The number of fused-ring (bicyclic) bond motifs is 1. The lowest BCUT2D eigenvalue weighted by Gasteiger charge is -1.93. The Bertz CT molecular complexity index is 686. The van der Waals surface area contributed by atoms with Crippen molar-refractivity contribution in [3.05, 3.63) is 59.9 Å². The highest BCUT2D eigenvalue weighted by Crippen LogP contribution is 2.25. The van der Waals surface area contributed by atoms with Gasteiger partial charge in [0.05, 0.1) is 16.4 Å². The van der Waals surface area contributed by atoms with E-state index < -0.39 is 0 Å². The molecule has 1 heterocycles. The van der Waals surface area contributed by atoms with Gasteiger partial charge < -0.3 is 0 Å². The average Bonchev–Trinajstić information content (AvgIpc) is 2.83. The predicted molar refractivity (Wildman–Crippen MR) is 77.2 cm³/mol. The summed E-state index contributed by atoms with van der Waals surface area (Å²) in [6.45, 7) is 0. The van der Waals surface area contributed by atoms with Crippen LogP contribution in [0, 0.1) is 5.82 Å². The Morgan fingerprint density at radius 1 is 1.11 bits per heavy atom. The minimum atomic E-state index is -0.253. The Balaban J connectivity index is 1.73. The zero-order chi connectivity index (χ0) is 13.1. The quantitative estimate of drug-likeness (QED) is 0.580. The molecule has 0 radical (unpaired) electrons. The number of benzene rings is 2. The van der Waals surface area contributed by atoms with E-state index in [1.807, 2.05) is 24.3 Å². The third-order valence-corrected chi connectivity index (χ3v) is 3.48. The van der Waals surface area contributed by atoms with Crippen LogP contribution in [0.1, 0.15) is 5.56 Å². The molecule has 1 N–H and O–H groups in total. The second-order valence-electron chi connectivity index (χ2n) is 3.91. The molecule has 0 spiro atoms. The van der Waals surface area contributed by atoms with E-state index in [0.717, 1.165) is 20.9 Å². The minimum absolute atomic E-state index is 0.253. The molecule has 0 saturated carbocycles. The number of hydrogen-bond acceptors (Lipinski definition) is 4. The molecule has 1 aromatic heterocycles. The van der Waals surface area contributed by atoms with Crippen LogP contribution in [0.5, 0.6) is 0 Å². The summed E-state index contributed by atoms with van der Waals surface area (Å²) < 4.78 is 13.8. The summed E-state index contributed by atoms with van der Waals surface area (Å²) in [7, 11) is 0. The summed E-state index contributed by atoms with van der Waals surface area (Å²) in [5, 5.41) is 4.82. The Morgan fingerprint density at radius 2 is 1.89 bits per heavy atom. The van der Waals surface area contributed by atoms with Gasteiger partial charge in [-0.25, -0.2) is 9.37 Å². The maximum absolute atomic E-state index is 12.7. The molecule has 19 heavy (non-hydrogen) atoms. The fourth-order valence-corrected chi connectivity index (χ4v) is 2.45. The van der Waals surface area contributed by atoms with Crippen molar-refractivity contribution in [2.24, 2.45) is 5.10 Å². The topological polar surface area (TPSA) is 37.3 Å². The Kier molecular flexibility index (Phi) is 3.20. The fourth-order valence-electron chi connectivity index (χ4n) is 1.63. The van der Waals surface area contributed by atoms with E-state index in [4.69, 9.17) is 0 Å². The van der Waals surface area contributed by atoms with Crippen molar-refractivity contribution < 1.29 is 4.39 Å². The van der Waals surface area contributed by atoms with Gasteiger partial charge in [0.25, 0.3) is 0 Å². The van der Waals surface area contributed by atoms with Gasteiger partial charge in [0.15, 0.2) is 0 Å². The number of nitrogens with zero attached hydrogens (tertiary/aromatic N) is 2. The van der Waals surface area contributed by atoms with Gasteiger partial charge in [0.1, 0.15) is 5.82 Å². The Morgan fingerprint density at radius 3 is 2.68 bits per heavy atom. The maximum Gasteiger partial charge on any atom is 0.204 e. The van der Waals surface area contributed by atoms with E-state index >= 15 is 0 Å². The molecule has 2 aromatic carbocycles. The highest BCUT2D eigenvalue weighted by atomic mass is 32.1. The number of aromatic nitrogens is 1. The van der Waals surface area contributed by atoms with Crippen molar-refractivity contribution in [3.63, 3.8) is 0 Å². The summed E-state index contributed by atoms with van der Waals surface area (Å²) in [6, 6.07) is 14.0. The Labute approximate surface area is 113 Å². The van der Waals surface area contributed by atoms with Crippen LogP contribution in [0.2, 0.25) is 0 Å². The number of para-hydroxylation sites is 1. The zero-order valence-electron chi connectivity index (χ0n) is 9.88. The van der Waals surface area contributed by atoms with E-state index in [1.165, 1.54) is 23.5 Å². The van der Waals surface area contributed by atoms with Crippen LogP contribution in [0.25, 0.3) is 10.2 Å². The highest BCUT2D eigenvalue weighted by molar-refractivity contribution is 7.22. The monoisotopic (exact) mass is 271 g/mol. The number of hydrogen-bond donors (Lipinski definition) is 1.